The van der Waals surface area contributed by atoms with Crippen LogP contribution in [-0.2, 0) is 0 Å². The Hall–Kier alpha value is -0.860. The van der Waals surface area contributed by atoms with Crippen LogP contribution in [0.5, 0.6) is 0 Å². The van der Waals surface area contributed by atoms with E-state index in [9.17, 15) is 5.11 Å². The molecule has 1 aromatic carbocycles. The fourth-order valence-corrected chi connectivity index (χ4v) is 2.58. The number of benzene rings is 1. The van der Waals surface area contributed by atoms with Crippen LogP contribution < -0.4 is 0 Å². The van der Waals surface area contributed by atoms with Crippen molar-refractivity contribution < 1.29 is 5.11 Å². The Balaban J connectivity index is 2.16. The first-order valence-electron chi connectivity index (χ1n) is 6.46. The van der Waals surface area contributed by atoms with Crippen LogP contribution in [0.25, 0.3) is 0 Å². The van der Waals surface area contributed by atoms with Gasteiger partial charge >= 0.3 is 0 Å². The van der Waals surface area contributed by atoms with Crippen molar-refractivity contribution in [2.75, 3.05) is 13.1 Å². The predicted octanol–water partition coefficient (Wildman–Crippen LogP) is 2.64. The molecule has 1 saturated heterocycles. The third-order valence-corrected chi connectivity index (χ3v) is 3.75. The molecule has 0 aliphatic carbocycles. The molecule has 17 heavy (non-hydrogen) atoms. The topological polar surface area (TPSA) is 23.5 Å². The van der Waals surface area contributed by atoms with E-state index in [0.29, 0.717) is 0 Å². The van der Waals surface area contributed by atoms with Gasteiger partial charge < -0.3 is 5.11 Å². The van der Waals surface area contributed by atoms with Gasteiger partial charge in [0.15, 0.2) is 0 Å². The molecule has 0 radical (unpaired) electrons. The van der Waals surface area contributed by atoms with Crippen LogP contribution >= 0.6 is 0 Å². The second-order valence-corrected chi connectivity index (χ2v) is 5.99. The molecule has 0 amide bonds. The van der Waals surface area contributed by atoms with E-state index in [1.807, 2.05) is 6.07 Å². The maximum atomic E-state index is 10.2. The molecule has 1 aromatic rings. The Kier molecular flexibility index (Phi) is 3.55. The van der Waals surface area contributed by atoms with Crippen molar-refractivity contribution in [3.8, 4) is 0 Å². The monoisotopic (exact) mass is 233 g/mol. The zero-order valence-corrected chi connectivity index (χ0v) is 11.1. The molecule has 2 atom stereocenters. The van der Waals surface area contributed by atoms with Gasteiger partial charge in [0.05, 0.1) is 6.10 Å². The van der Waals surface area contributed by atoms with Gasteiger partial charge in [0.1, 0.15) is 0 Å². The highest BCUT2D eigenvalue weighted by molar-refractivity contribution is 5.22. The van der Waals surface area contributed by atoms with E-state index < -0.39 is 0 Å². The van der Waals surface area contributed by atoms with Crippen molar-refractivity contribution in [1.82, 2.24) is 4.90 Å². The van der Waals surface area contributed by atoms with Gasteiger partial charge in [0, 0.05) is 24.5 Å². The van der Waals surface area contributed by atoms with Gasteiger partial charge in [-0.15, -0.1) is 0 Å². The molecular formula is C15H23NO. The van der Waals surface area contributed by atoms with E-state index >= 15 is 0 Å². The Morgan fingerprint density at radius 1 is 1.18 bits per heavy atom. The van der Waals surface area contributed by atoms with Crippen LogP contribution in [0.2, 0.25) is 0 Å². The highest BCUT2D eigenvalue weighted by atomic mass is 16.3. The lowest BCUT2D eigenvalue weighted by atomic mass is 9.86. The molecule has 0 aromatic heterocycles. The molecule has 2 rings (SSSR count). The number of hydrogen-bond acceptors (Lipinski definition) is 2. The van der Waals surface area contributed by atoms with E-state index in [4.69, 9.17) is 0 Å². The Bertz CT molecular complexity index is 355. The summed E-state index contributed by atoms with van der Waals surface area (Å²) >= 11 is 0. The van der Waals surface area contributed by atoms with E-state index in [0.717, 1.165) is 19.5 Å². The van der Waals surface area contributed by atoms with Gasteiger partial charge in [0.2, 0.25) is 0 Å². The molecule has 1 aliphatic heterocycles. The van der Waals surface area contributed by atoms with Crippen molar-refractivity contribution >= 4 is 0 Å². The Labute approximate surface area is 104 Å². The number of hydrogen-bond donors (Lipinski definition) is 1. The summed E-state index contributed by atoms with van der Waals surface area (Å²) in [6, 6.07) is 10.4. The minimum absolute atomic E-state index is 0.188. The Morgan fingerprint density at radius 3 is 2.41 bits per heavy atom. The minimum Gasteiger partial charge on any atom is -0.392 e. The standard InChI is InChI=1S/C15H23NO/c1-15(2,3)16-10-9-14(17)13(11-16)12-7-5-4-6-8-12/h4-8,13-14,17H,9-11H2,1-3H3. The van der Waals surface area contributed by atoms with Crippen LogP contribution in [0.4, 0.5) is 0 Å². The summed E-state index contributed by atoms with van der Waals surface area (Å²) in [5, 5.41) is 10.2. The van der Waals surface area contributed by atoms with E-state index in [1.54, 1.807) is 0 Å². The smallest absolute Gasteiger partial charge is 0.0633 e. The second-order valence-electron chi connectivity index (χ2n) is 5.99. The third kappa shape index (κ3) is 2.88. The maximum Gasteiger partial charge on any atom is 0.0633 e. The molecule has 0 bridgehead atoms. The molecule has 2 heteroatoms. The number of rotatable bonds is 1. The average Bonchev–Trinajstić information content (AvgIpc) is 2.29. The lowest BCUT2D eigenvalue weighted by Crippen LogP contribution is -2.50. The zero-order valence-electron chi connectivity index (χ0n) is 11.1. The van der Waals surface area contributed by atoms with E-state index in [2.05, 4.69) is 49.9 Å². The summed E-state index contributed by atoms with van der Waals surface area (Å²) in [4.78, 5) is 2.47. The van der Waals surface area contributed by atoms with Gasteiger partial charge in [-0.1, -0.05) is 30.3 Å². The number of piperidine rings is 1. The van der Waals surface area contributed by atoms with Gasteiger partial charge in [-0.2, -0.15) is 0 Å². The summed E-state index contributed by atoms with van der Waals surface area (Å²) in [5.74, 6) is 0.254. The highest BCUT2D eigenvalue weighted by Gasteiger charge is 2.33. The molecule has 94 valence electrons. The predicted molar refractivity (Wildman–Crippen MR) is 71.1 cm³/mol. The fourth-order valence-electron chi connectivity index (χ4n) is 2.58. The largest absolute Gasteiger partial charge is 0.392 e. The normalized spacial score (nSPS) is 27.1. The van der Waals surface area contributed by atoms with Crippen molar-refractivity contribution in [2.45, 2.75) is 44.8 Å². The maximum absolute atomic E-state index is 10.2. The lowest BCUT2D eigenvalue weighted by Gasteiger charge is -2.43. The fraction of sp³-hybridized carbons (Fsp3) is 0.600. The van der Waals surface area contributed by atoms with Gasteiger partial charge in [0.25, 0.3) is 0 Å². The first-order valence-corrected chi connectivity index (χ1v) is 6.46. The molecule has 2 unspecified atom stereocenters. The van der Waals surface area contributed by atoms with Crippen molar-refractivity contribution in [3.05, 3.63) is 35.9 Å². The lowest BCUT2D eigenvalue weighted by molar-refractivity contribution is 0.0196. The minimum atomic E-state index is -0.198. The number of aliphatic hydroxyl groups excluding tert-OH is 1. The Morgan fingerprint density at radius 2 is 1.82 bits per heavy atom. The molecule has 0 saturated carbocycles. The molecule has 2 nitrogen and oxygen atoms in total. The van der Waals surface area contributed by atoms with Crippen molar-refractivity contribution in [3.63, 3.8) is 0 Å². The summed E-state index contributed by atoms with van der Waals surface area (Å²) < 4.78 is 0. The van der Waals surface area contributed by atoms with Crippen LogP contribution in [0.3, 0.4) is 0 Å². The quantitative estimate of drug-likeness (QED) is 0.806. The summed E-state index contributed by atoms with van der Waals surface area (Å²) in [6.45, 7) is 8.68. The van der Waals surface area contributed by atoms with Crippen LogP contribution in [0.15, 0.2) is 30.3 Å². The van der Waals surface area contributed by atoms with Crippen molar-refractivity contribution in [1.29, 1.82) is 0 Å². The van der Waals surface area contributed by atoms with Crippen LogP contribution in [0, 0.1) is 0 Å². The molecule has 1 fully saturated rings. The first kappa shape index (κ1) is 12.6. The first-order chi connectivity index (χ1) is 7.98. The molecular weight excluding hydrogens is 210 g/mol. The highest BCUT2D eigenvalue weighted by Crippen LogP contribution is 2.30. The average molecular weight is 233 g/mol. The number of nitrogens with zero attached hydrogens (tertiary/aromatic N) is 1. The van der Waals surface area contributed by atoms with Crippen LogP contribution in [0.1, 0.15) is 38.7 Å². The summed E-state index contributed by atoms with van der Waals surface area (Å²) in [7, 11) is 0. The van der Waals surface area contributed by atoms with E-state index in [-0.39, 0.29) is 17.6 Å². The molecule has 1 aliphatic rings. The molecule has 1 heterocycles. The summed E-state index contributed by atoms with van der Waals surface area (Å²) in [5.41, 5.74) is 1.45. The number of aliphatic hydroxyl groups is 1. The second kappa shape index (κ2) is 4.79. The van der Waals surface area contributed by atoms with E-state index in [1.165, 1.54) is 5.56 Å². The molecule has 0 spiro atoms. The SMILES string of the molecule is CC(C)(C)N1CCC(O)C(c2ccccc2)C1. The number of likely N-dealkylation sites (tertiary alicyclic amines) is 1. The zero-order chi connectivity index (χ0) is 12.5. The van der Waals surface area contributed by atoms with Crippen molar-refractivity contribution in [2.24, 2.45) is 0 Å². The van der Waals surface area contributed by atoms with Gasteiger partial charge in [-0.3, -0.25) is 4.90 Å². The molecule has 1 N–H and O–H groups in total. The van der Waals surface area contributed by atoms with Gasteiger partial charge in [-0.05, 0) is 32.8 Å². The van der Waals surface area contributed by atoms with Crippen LogP contribution in [-0.4, -0.2) is 34.7 Å². The van der Waals surface area contributed by atoms with Gasteiger partial charge in [-0.25, -0.2) is 0 Å². The summed E-state index contributed by atoms with van der Waals surface area (Å²) in [6.07, 6.45) is 0.674. The third-order valence-electron chi connectivity index (χ3n) is 3.75.